The van der Waals surface area contributed by atoms with Crippen LogP contribution in [0.15, 0.2) is 30.5 Å². The van der Waals surface area contributed by atoms with Crippen molar-refractivity contribution in [2.75, 3.05) is 20.8 Å². The second-order valence-corrected chi connectivity index (χ2v) is 4.63. The van der Waals surface area contributed by atoms with Gasteiger partial charge in [0, 0.05) is 5.56 Å². The Balaban J connectivity index is 2.32. The topological polar surface area (TPSA) is 99.7 Å². The van der Waals surface area contributed by atoms with Gasteiger partial charge in [-0.2, -0.15) is 5.10 Å². The van der Waals surface area contributed by atoms with Crippen molar-refractivity contribution in [3.8, 4) is 11.6 Å². The van der Waals surface area contributed by atoms with E-state index in [4.69, 9.17) is 18.9 Å². The number of H-pyrrole nitrogens is 1. The number of esters is 2. The van der Waals surface area contributed by atoms with Gasteiger partial charge in [-0.05, 0) is 19.1 Å². The Labute approximate surface area is 138 Å². The molecule has 1 N–H and O–H groups in total. The number of hydrogen-bond acceptors (Lipinski definition) is 7. The molecule has 128 valence electrons. The predicted octanol–water partition coefficient (Wildman–Crippen LogP) is 1.89. The maximum Gasteiger partial charge on any atom is 0.351 e. The highest BCUT2D eigenvalue weighted by atomic mass is 16.6. The van der Waals surface area contributed by atoms with Gasteiger partial charge in [-0.15, -0.1) is 0 Å². The molecular weight excluding hydrogens is 316 g/mol. The largest absolute Gasteiger partial charge is 0.497 e. The van der Waals surface area contributed by atoms with E-state index in [1.807, 2.05) is 0 Å². The van der Waals surface area contributed by atoms with Gasteiger partial charge in [0.05, 0.1) is 27.0 Å². The van der Waals surface area contributed by atoms with Crippen LogP contribution >= 0.6 is 0 Å². The Morgan fingerprint density at radius 3 is 2.75 bits per heavy atom. The molecule has 1 unspecified atom stereocenters. The van der Waals surface area contributed by atoms with E-state index in [-0.39, 0.29) is 18.1 Å². The van der Waals surface area contributed by atoms with Crippen LogP contribution in [0.1, 0.15) is 28.9 Å². The molecule has 0 aliphatic rings. The lowest BCUT2D eigenvalue weighted by Crippen LogP contribution is -2.21. The molecule has 0 amide bonds. The molecule has 0 saturated carbocycles. The summed E-state index contributed by atoms with van der Waals surface area (Å²) in [7, 11) is 2.76. The Morgan fingerprint density at radius 1 is 1.29 bits per heavy atom. The third kappa shape index (κ3) is 3.83. The monoisotopic (exact) mass is 334 g/mol. The molecule has 1 heterocycles. The molecule has 1 aromatic carbocycles. The van der Waals surface area contributed by atoms with E-state index in [0.717, 1.165) is 0 Å². The van der Waals surface area contributed by atoms with Crippen LogP contribution in [0.5, 0.6) is 11.6 Å². The first-order chi connectivity index (χ1) is 11.6. The van der Waals surface area contributed by atoms with Crippen molar-refractivity contribution in [3.05, 3.63) is 41.6 Å². The van der Waals surface area contributed by atoms with Gasteiger partial charge in [-0.1, -0.05) is 12.1 Å². The zero-order chi connectivity index (χ0) is 17.5. The molecule has 0 spiro atoms. The van der Waals surface area contributed by atoms with Gasteiger partial charge in [0.2, 0.25) is 12.0 Å². The average molecular weight is 334 g/mol. The number of rotatable bonds is 7. The lowest BCUT2D eigenvalue weighted by molar-refractivity contribution is -0.149. The summed E-state index contributed by atoms with van der Waals surface area (Å²) >= 11 is 0. The van der Waals surface area contributed by atoms with E-state index in [0.29, 0.717) is 11.3 Å². The smallest absolute Gasteiger partial charge is 0.351 e. The lowest BCUT2D eigenvalue weighted by atomic mass is 10.1. The number of nitrogens with one attached hydrogen (secondary N) is 1. The third-order valence-electron chi connectivity index (χ3n) is 3.15. The molecule has 24 heavy (non-hydrogen) atoms. The van der Waals surface area contributed by atoms with Crippen LogP contribution in [-0.2, 0) is 14.3 Å². The second kappa shape index (κ2) is 8.00. The van der Waals surface area contributed by atoms with Crippen molar-refractivity contribution in [2.24, 2.45) is 0 Å². The minimum absolute atomic E-state index is 0.0201. The van der Waals surface area contributed by atoms with Gasteiger partial charge in [0.1, 0.15) is 11.3 Å². The average Bonchev–Trinajstić information content (AvgIpc) is 3.07. The second-order valence-electron chi connectivity index (χ2n) is 4.63. The molecule has 0 aliphatic heterocycles. The molecule has 1 atom stereocenters. The van der Waals surface area contributed by atoms with E-state index in [2.05, 4.69) is 10.2 Å². The number of carbonyl (C=O) groups excluding carboxylic acids is 2. The third-order valence-corrected chi connectivity index (χ3v) is 3.15. The van der Waals surface area contributed by atoms with Crippen LogP contribution in [0.25, 0.3) is 0 Å². The fourth-order valence-corrected chi connectivity index (χ4v) is 2.00. The standard InChI is InChI=1S/C16H18N2O6/c1-4-23-15(19)12-9-17-18-14(12)24-13(16(20)22-3)10-6-5-7-11(8-10)21-2/h5-9,13H,4H2,1-3H3,(H,17,18). The Morgan fingerprint density at radius 2 is 2.08 bits per heavy atom. The van der Waals surface area contributed by atoms with E-state index < -0.39 is 18.0 Å². The summed E-state index contributed by atoms with van der Waals surface area (Å²) in [6.45, 7) is 1.89. The number of hydrogen-bond donors (Lipinski definition) is 1. The fraction of sp³-hybridized carbons (Fsp3) is 0.312. The normalized spacial score (nSPS) is 11.5. The molecule has 0 radical (unpaired) electrons. The molecule has 0 aliphatic carbocycles. The van der Waals surface area contributed by atoms with Crippen LogP contribution in [0.2, 0.25) is 0 Å². The highest BCUT2D eigenvalue weighted by Gasteiger charge is 2.27. The summed E-state index contributed by atoms with van der Waals surface area (Å²) in [4.78, 5) is 24.0. The molecule has 8 nitrogen and oxygen atoms in total. The fourth-order valence-electron chi connectivity index (χ4n) is 2.00. The number of benzene rings is 1. The molecule has 8 heteroatoms. The number of ether oxygens (including phenoxy) is 4. The van der Waals surface area contributed by atoms with E-state index >= 15 is 0 Å². The quantitative estimate of drug-likeness (QED) is 0.772. The Kier molecular flexibility index (Phi) is 5.78. The maximum atomic E-state index is 12.1. The first-order valence-electron chi connectivity index (χ1n) is 7.19. The maximum absolute atomic E-state index is 12.1. The number of methoxy groups -OCH3 is 2. The van der Waals surface area contributed by atoms with Crippen LogP contribution in [0.4, 0.5) is 0 Å². The van der Waals surface area contributed by atoms with Crippen LogP contribution in [0, 0.1) is 0 Å². The zero-order valence-corrected chi connectivity index (χ0v) is 13.6. The van der Waals surface area contributed by atoms with Crippen LogP contribution in [-0.4, -0.2) is 43.0 Å². The molecule has 0 saturated heterocycles. The Bertz CT molecular complexity index is 712. The molecular formula is C16H18N2O6. The first-order valence-corrected chi connectivity index (χ1v) is 7.19. The van der Waals surface area contributed by atoms with Crippen molar-refractivity contribution in [1.82, 2.24) is 10.2 Å². The Hall–Kier alpha value is -3.03. The minimum Gasteiger partial charge on any atom is -0.497 e. The van der Waals surface area contributed by atoms with E-state index in [1.54, 1.807) is 31.2 Å². The van der Waals surface area contributed by atoms with Gasteiger partial charge < -0.3 is 18.9 Å². The van der Waals surface area contributed by atoms with Gasteiger partial charge in [0.15, 0.2) is 0 Å². The van der Waals surface area contributed by atoms with E-state index in [9.17, 15) is 9.59 Å². The number of carbonyl (C=O) groups is 2. The van der Waals surface area contributed by atoms with Crippen LogP contribution < -0.4 is 9.47 Å². The number of aromatic amines is 1. The van der Waals surface area contributed by atoms with Gasteiger partial charge >= 0.3 is 11.9 Å². The summed E-state index contributed by atoms with van der Waals surface area (Å²) in [5.41, 5.74) is 0.597. The summed E-state index contributed by atoms with van der Waals surface area (Å²) < 4.78 is 20.5. The van der Waals surface area contributed by atoms with Gasteiger partial charge in [-0.25, -0.2) is 14.7 Å². The predicted molar refractivity (Wildman–Crippen MR) is 82.9 cm³/mol. The van der Waals surface area contributed by atoms with Crippen LogP contribution in [0.3, 0.4) is 0 Å². The molecule has 1 aromatic heterocycles. The van der Waals surface area contributed by atoms with Crippen molar-refractivity contribution in [2.45, 2.75) is 13.0 Å². The highest BCUT2D eigenvalue weighted by molar-refractivity contribution is 5.91. The van der Waals surface area contributed by atoms with Gasteiger partial charge in [-0.3, -0.25) is 0 Å². The summed E-state index contributed by atoms with van der Waals surface area (Å²) in [6, 6.07) is 6.78. The highest BCUT2D eigenvalue weighted by Crippen LogP contribution is 2.27. The summed E-state index contributed by atoms with van der Waals surface area (Å²) in [5.74, 6) is -0.657. The molecule has 0 fully saturated rings. The van der Waals surface area contributed by atoms with Crippen molar-refractivity contribution in [1.29, 1.82) is 0 Å². The first kappa shape index (κ1) is 17.3. The van der Waals surface area contributed by atoms with Crippen molar-refractivity contribution >= 4 is 11.9 Å². The zero-order valence-electron chi connectivity index (χ0n) is 13.6. The van der Waals surface area contributed by atoms with E-state index in [1.165, 1.54) is 20.4 Å². The molecule has 2 rings (SSSR count). The van der Waals surface area contributed by atoms with Gasteiger partial charge in [0.25, 0.3) is 0 Å². The summed E-state index contributed by atoms with van der Waals surface area (Å²) in [6.07, 6.45) is 0.173. The molecule has 2 aromatic rings. The lowest BCUT2D eigenvalue weighted by Gasteiger charge is -2.17. The number of nitrogens with zero attached hydrogens (tertiary/aromatic N) is 1. The summed E-state index contributed by atoms with van der Waals surface area (Å²) in [5, 5.41) is 6.30. The SMILES string of the molecule is CCOC(=O)c1cn[nH]c1OC(C(=O)OC)c1cccc(OC)c1. The minimum atomic E-state index is -1.10. The van der Waals surface area contributed by atoms with Crippen molar-refractivity contribution in [3.63, 3.8) is 0 Å². The van der Waals surface area contributed by atoms with Crippen molar-refractivity contribution < 1.29 is 28.5 Å². The number of aromatic nitrogens is 2. The molecule has 0 bridgehead atoms.